The van der Waals surface area contributed by atoms with E-state index in [4.69, 9.17) is 16.7 Å². The zero-order valence-electron chi connectivity index (χ0n) is 9.86. The van der Waals surface area contributed by atoms with E-state index in [1.807, 2.05) is 0 Å². The summed E-state index contributed by atoms with van der Waals surface area (Å²) in [5, 5.41) is 12.4. The van der Waals surface area contributed by atoms with Gasteiger partial charge in [-0.2, -0.15) is 0 Å². The van der Waals surface area contributed by atoms with Crippen molar-refractivity contribution in [3.05, 3.63) is 57.5 Å². The highest BCUT2D eigenvalue weighted by atomic mass is 79.9. The normalized spacial score (nSPS) is 10.2. The molecule has 0 spiro atoms. The first-order valence-electron chi connectivity index (χ1n) is 5.57. The lowest BCUT2D eigenvalue weighted by atomic mass is 10.1. The molecule has 2 aromatic carbocycles. The van der Waals surface area contributed by atoms with Gasteiger partial charge in [-0.15, -0.1) is 0 Å². The predicted octanol–water partition coefficient (Wildman–Crippen LogP) is 3.99. The number of nitrogens with one attached hydrogen (secondary N) is 1. The topological polar surface area (TPSA) is 49.3 Å². The van der Waals surface area contributed by atoms with E-state index in [2.05, 4.69) is 21.2 Å². The molecule has 0 aliphatic heterocycles. The van der Waals surface area contributed by atoms with Gasteiger partial charge in [-0.25, -0.2) is 0 Å². The lowest BCUT2D eigenvalue weighted by molar-refractivity contribution is -0.115. The first-order valence-corrected chi connectivity index (χ1v) is 6.74. The van der Waals surface area contributed by atoms with Gasteiger partial charge in [-0.1, -0.05) is 39.7 Å². The Balaban J connectivity index is 2.05. The highest BCUT2D eigenvalue weighted by Crippen LogP contribution is 2.25. The summed E-state index contributed by atoms with van der Waals surface area (Å²) in [7, 11) is 0. The Morgan fingerprint density at radius 2 is 1.89 bits per heavy atom. The maximum absolute atomic E-state index is 11.9. The first-order chi connectivity index (χ1) is 9.04. The van der Waals surface area contributed by atoms with Crippen LogP contribution in [-0.4, -0.2) is 11.0 Å². The van der Waals surface area contributed by atoms with Crippen LogP contribution in [-0.2, 0) is 11.2 Å². The van der Waals surface area contributed by atoms with Crippen molar-refractivity contribution < 1.29 is 9.90 Å². The fourth-order valence-electron chi connectivity index (χ4n) is 1.59. The quantitative estimate of drug-likeness (QED) is 0.887. The van der Waals surface area contributed by atoms with Crippen LogP contribution < -0.4 is 5.32 Å². The third kappa shape index (κ3) is 3.98. The molecule has 0 aliphatic rings. The molecule has 0 aliphatic carbocycles. The van der Waals surface area contributed by atoms with E-state index >= 15 is 0 Å². The van der Waals surface area contributed by atoms with Crippen LogP contribution in [0.15, 0.2) is 46.9 Å². The van der Waals surface area contributed by atoms with Gasteiger partial charge >= 0.3 is 0 Å². The summed E-state index contributed by atoms with van der Waals surface area (Å²) >= 11 is 9.32. The monoisotopic (exact) mass is 339 g/mol. The fourth-order valence-corrected chi connectivity index (χ4v) is 2.11. The number of carbonyl (C=O) groups is 1. The van der Waals surface area contributed by atoms with Crippen LogP contribution in [0.1, 0.15) is 5.56 Å². The largest absolute Gasteiger partial charge is 0.508 e. The highest BCUT2D eigenvalue weighted by Gasteiger charge is 2.07. The van der Waals surface area contributed by atoms with Crippen molar-refractivity contribution in [2.45, 2.75) is 6.42 Å². The van der Waals surface area contributed by atoms with E-state index < -0.39 is 0 Å². The summed E-state index contributed by atoms with van der Waals surface area (Å²) < 4.78 is 0.844. The van der Waals surface area contributed by atoms with Gasteiger partial charge in [-0.05, 0) is 35.9 Å². The molecule has 0 bridgehead atoms. The average molecular weight is 341 g/mol. The number of rotatable bonds is 3. The molecule has 0 fully saturated rings. The molecule has 2 rings (SSSR count). The summed E-state index contributed by atoms with van der Waals surface area (Å²) in [5.74, 6) is 0.0184. The number of hydrogen-bond acceptors (Lipinski definition) is 2. The molecule has 19 heavy (non-hydrogen) atoms. The standard InChI is InChI=1S/C14H11BrClNO2/c15-10-3-6-12(16)13(8-10)17-14(19)7-9-1-4-11(18)5-2-9/h1-6,8,18H,7H2,(H,17,19). The number of phenolic OH excluding ortho intramolecular Hbond substituents is 1. The van der Waals surface area contributed by atoms with Crippen molar-refractivity contribution in [2.24, 2.45) is 0 Å². The van der Waals surface area contributed by atoms with Crippen LogP contribution in [0.4, 0.5) is 5.69 Å². The zero-order valence-corrected chi connectivity index (χ0v) is 12.2. The molecule has 0 radical (unpaired) electrons. The Labute approximate surface area is 124 Å². The van der Waals surface area contributed by atoms with Crippen molar-refractivity contribution in [2.75, 3.05) is 5.32 Å². The van der Waals surface area contributed by atoms with Crippen molar-refractivity contribution in [1.82, 2.24) is 0 Å². The molecule has 2 aromatic rings. The number of hydrogen-bond donors (Lipinski definition) is 2. The van der Waals surface area contributed by atoms with Crippen LogP contribution in [0.25, 0.3) is 0 Å². The van der Waals surface area contributed by atoms with E-state index in [0.29, 0.717) is 10.7 Å². The van der Waals surface area contributed by atoms with Crippen molar-refractivity contribution in [1.29, 1.82) is 0 Å². The molecule has 0 saturated heterocycles. The van der Waals surface area contributed by atoms with Gasteiger partial charge in [0.05, 0.1) is 17.1 Å². The second kappa shape index (κ2) is 6.08. The Bertz CT molecular complexity index is 599. The molecular formula is C14H11BrClNO2. The fraction of sp³-hybridized carbons (Fsp3) is 0.0714. The molecule has 3 nitrogen and oxygen atoms in total. The molecule has 5 heteroatoms. The van der Waals surface area contributed by atoms with E-state index in [9.17, 15) is 4.79 Å². The minimum Gasteiger partial charge on any atom is -0.508 e. The molecule has 1 amide bonds. The minimum atomic E-state index is -0.161. The molecule has 2 N–H and O–H groups in total. The minimum absolute atomic E-state index is 0.161. The Hall–Kier alpha value is -1.52. The number of aromatic hydroxyl groups is 1. The summed E-state index contributed by atoms with van der Waals surface area (Å²) in [5.41, 5.74) is 1.39. The van der Waals surface area contributed by atoms with Crippen molar-refractivity contribution in [3.8, 4) is 5.75 Å². The highest BCUT2D eigenvalue weighted by molar-refractivity contribution is 9.10. The number of anilines is 1. The molecule has 0 saturated carbocycles. The van der Waals surface area contributed by atoms with Crippen molar-refractivity contribution in [3.63, 3.8) is 0 Å². The molecule has 0 heterocycles. The summed E-state index contributed by atoms with van der Waals surface area (Å²) in [4.78, 5) is 11.9. The van der Waals surface area contributed by atoms with Gasteiger partial charge < -0.3 is 10.4 Å². The average Bonchev–Trinajstić information content (AvgIpc) is 2.37. The lowest BCUT2D eigenvalue weighted by Gasteiger charge is -2.08. The van der Waals surface area contributed by atoms with E-state index in [0.717, 1.165) is 10.0 Å². The van der Waals surface area contributed by atoms with Crippen molar-refractivity contribution >= 4 is 39.1 Å². The predicted molar refractivity (Wildman–Crippen MR) is 79.6 cm³/mol. The zero-order chi connectivity index (χ0) is 13.8. The first kappa shape index (κ1) is 13.9. The number of halogens is 2. The number of phenols is 1. The molecule has 0 unspecified atom stereocenters. The maximum Gasteiger partial charge on any atom is 0.228 e. The number of amides is 1. The van der Waals surface area contributed by atoms with Crippen LogP contribution in [0.2, 0.25) is 5.02 Å². The second-order valence-corrected chi connectivity index (χ2v) is 5.34. The third-order valence-corrected chi connectivity index (χ3v) is 3.33. The van der Waals surface area contributed by atoms with E-state index in [1.54, 1.807) is 42.5 Å². The number of benzene rings is 2. The van der Waals surface area contributed by atoms with E-state index in [-0.39, 0.29) is 18.1 Å². The second-order valence-electron chi connectivity index (χ2n) is 4.02. The van der Waals surface area contributed by atoms with Crippen LogP contribution >= 0.6 is 27.5 Å². The van der Waals surface area contributed by atoms with Gasteiger partial charge in [0.2, 0.25) is 5.91 Å². The summed E-state index contributed by atoms with van der Waals surface area (Å²) in [6.07, 6.45) is 0.225. The third-order valence-electron chi connectivity index (χ3n) is 2.50. The Kier molecular flexibility index (Phi) is 4.45. The molecular weight excluding hydrogens is 330 g/mol. The Morgan fingerprint density at radius 3 is 2.58 bits per heavy atom. The SMILES string of the molecule is O=C(Cc1ccc(O)cc1)Nc1cc(Br)ccc1Cl. The van der Waals surface area contributed by atoms with Gasteiger partial charge in [0, 0.05) is 4.47 Å². The molecule has 0 atom stereocenters. The smallest absolute Gasteiger partial charge is 0.228 e. The van der Waals surface area contributed by atoms with Gasteiger partial charge in [0.15, 0.2) is 0 Å². The molecule has 98 valence electrons. The number of carbonyl (C=O) groups excluding carboxylic acids is 1. The van der Waals surface area contributed by atoms with Gasteiger partial charge in [-0.3, -0.25) is 4.79 Å². The van der Waals surface area contributed by atoms with Gasteiger partial charge in [0.25, 0.3) is 0 Å². The van der Waals surface area contributed by atoms with Crippen LogP contribution in [0.3, 0.4) is 0 Å². The maximum atomic E-state index is 11.9. The van der Waals surface area contributed by atoms with Crippen LogP contribution in [0.5, 0.6) is 5.75 Å². The summed E-state index contributed by atoms with van der Waals surface area (Å²) in [6, 6.07) is 11.8. The summed E-state index contributed by atoms with van der Waals surface area (Å²) in [6.45, 7) is 0. The Morgan fingerprint density at radius 1 is 1.21 bits per heavy atom. The lowest BCUT2D eigenvalue weighted by Crippen LogP contribution is -2.14. The van der Waals surface area contributed by atoms with Crippen LogP contribution in [0, 0.1) is 0 Å². The molecule has 0 aromatic heterocycles. The van der Waals surface area contributed by atoms with E-state index in [1.165, 1.54) is 0 Å². The van der Waals surface area contributed by atoms with Gasteiger partial charge in [0.1, 0.15) is 5.75 Å².